The summed E-state index contributed by atoms with van der Waals surface area (Å²) in [7, 11) is 2.06. The summed E-state index contributed by atoms with van der Waals surface area (Å²) in [6.07, 6.45) is 0.685. The lowest BCUT2D eigenvalue weighted by Gasteiger charge is -2.29. The van der Waals surface area contributed by atoms with Gasteiger partial charge in [-0.3, -0.25) is 33.6 Å². The van der Waals surface area contributed by atoms with Gasteiger partial charge in [-0.05, 0) is 62.4 Å². The van der Waals surface area contributed by atoms with Gasteiger partial charge in [-0.15, -0.1) is 0 Å². The average Bonchev–Trinajstić information content (AvgIpc) is 3.77. The molecule has 5 rings (SSSR count). The van der Waals surface area contributed by atoms with Crippen molar-refractivity contribution in [3.05, 3.63) is 108 Å². The number of fused-ring (bicyclic) bond motifs is 1. The van der Waals surface area contributed by atoms with Crippen LogP contribution in [-0.4, -0.2) is 147 Å². The molecule has 1 fully saturated rings. The number of benzene rings is 3. The van der Waals surface area contributed by atoms with E-state index < -0.39 is 108 Å². The number of hydrogen-bond donors (Lipinski definition) is 13. The Morgan fingerprint density at radius 2 is 1.31 bits per heavy atom. The first-order chi connectivity index (χ1) is 34.6. The average molecular weight is 1030 g/mol. The van der Waals surface area contributed by atoms with Crippen LogP contribution in [-0.2, 0) is 52.8 Å². The SMILES string of the molecule is C[C@@H](O)[C@@H]1NC(=O)[C@H](CCCCCN)NC(=O)[C@@H](Cc2c[nH]c3ccccc23)NC(=O)[C@H](Cc2ccccc2)NC(=O)[C@@H](NC(=O)[C@H](N)Cc2ccccc2)CSSC[C@@H](C(=O)N[C@H](CO)[C@@H](C)O)NC1=O. The van der Waals surface area contributed by atoms with Crippen molar-refractivity contribution in [2.24, 2.45) is 11.5 Å². The van der Waals surface area contributed by atoms with Gasteiger partial charge in [0.25, 0.3) is 0 Å². The molecule has 2 heterocycles. The molecular formula is C50H68N10O10S2. The van der Waals surface area contributed by atoms with Gasteiger partial charge in [0.1, 0.15) is 36.3 Å². The summed E-state index contributed by atoms with van der Waals surface area (Å²) in [6, 6.07) is 14.7. The van der Waals surface area contributed by atoms with Gasteiger partial charge < -0.3 is 69.0 Å². The third-order valence-corrected chi connectivity index (χ3v) is 14.5. The standard InChI is InChI=1S/C50H68N10O10S2/c1-29(62)40(26-61)57-49(69)42-28-72-71-27-41(58-44(64)35(52)22-31-14-6-3-7-15-31)48(68)55-38(23-32-16-8-4-9-17-32)46(66)56-39(24-33-25-53-36-19-12-11-18-34(33)36)47(67)54-37(20-10-5-13-21-51)45(65)60-43(30(2)63)50(70)59-42/h3-4,6-9,11-12,14-19,25,29-30,35,37-43,53,61-63H,5,10,13,20-24,26-28,51-52H2,1-2H3,(H,54,67)(H,55,68)(H,56,66)(H,57,69)(H,58,64)(H,59,70)(H,60,65)/t29-,30-,35-,37+,38+,39-,40-,41+,42+,43+/m1/s1. The molecule has 22 heteroatoms. The van der Waals surface area contributed by atoms with E-state index in [0.717, 1.165) is 38.1 Å². The second-order valence-electron chi connectivity index (χ2n) is 17.8. The fourth-order valence-electron chi connectivity index (χ4n) is 7.90. The Labute approximate surface area is 426 Å². The Morgan fingerprint density at radius 3 is 1.96 bits per heavy atom. The van der Waals surface area contributed by atoms with E-state index in [1.807, 2.05) is 42.5 Å². The lowest BCUT2D eigenvalue weighted by Crippen LogP contribution is -2.62. The molecule has 0 unspecified atom stereocenters. The van der Waals surface area contributed by atoms with Crippen LogP contribution in [0.3, 0.4) is 0 Å². The van der Waals surface area contributed by atoms with E-state index in [1.165, 1.54) is 13.8 Å². The van der Waals surface area contributed by atoms with E-state index >= 15 is 0 Å². The first-order valence-electron chi connectivity index (χ1n) is 24.0. The molecule has 1 saturated heterocycles. The van der Waals surface area contributed by atoms with Gasteiger partial charge in [0.15, 0.2) is 0 Å². The largest absolute Gasteiger partial charge is 0.394 e. The fraction of sp³-hybridized carbons (Fsp3) is 0.460. The van der Waals surface area contributed by atoms with E-state index in [1.54, 1.807) is 48.7 Å². The van der Waals surface area contributed by atoms with Crippen LogP contribution in [0, 0.1) is 0 Å². The molecule has 390 valence electrons. The molecule has 0 radical (unpaired) electrons. The van der Waals surface area contributed by atoms with Gasteiger partial charge in [0, 0.05) is 41.4 Å². The van der Waals surface area contributed by atoms with Crippen molar-refractivity contribution < 1.29 is 48.9 Å². The maximum atomic E-state index is 14.8. The topological polar surface area (TPSA) is 332 Å². The highest BCUT2D eigenvalue weighted by Gasteiger charge is 2.36. The van der Waals surface area contributed by atoms with Crippen molar-refractivity contribution in [2.75, 3.05) is 24.7 Å². The zero-order chi connectivity index (χ0) is 52.2. The minimum Gasteiger partial charge on any atom is -0.394 e. The summed E-state index contributed by atoms with van der Waals surface area (Å²) in [5.41, 5.74) is 15.0. The molecule has 1 aliphatic heterocycles. The number of nitrogens with two attached hydrogens (primary N) is 2. The number of aromatic nitrogens is 1. The van der Waals surface area contributed by atoms with Gasteiger partial charge in [-0.2, -0.15) is 0 Å². The Balaban J connectivity index is 1.57. The van der Waals surface area contributed by atoms with Crippen molar-refractivity contribution in [2.45, 2.75) is 119 Å². The molecule has 0 saturated carbocycles. The monoisotopic (exact) mass is 1030 g/mol. The van der Waals surface area contributed by atoms with Crippen molar-refractivity contribution in [1.82, 2.24) is 42.2 Å². The Morgan fingerprint density at radius 1 is 0.708 bits per heavy atom. The summed E-state index contributed by atoms with van der Waals surface area (Å²) >= 11 is 0. The number of aromatic amines is 1. The van der Waals surface area contributed by atoms with Crippen molar-refractivity contribution >= 4 is 73.8 Å². The van der Waals surface area contributed by atoms with E-state index in [0.29, 0.717) is 36.9 Å². The molecule has 0 spiro atoms. The van der Waals surface area contributed by atoms with Crippen LogP contribution >= 0.6 is 21.6 Å². The quantitative estimate of drug-likeness (QED) is 0.0445. The number of rotatable bonds is 18. The molecule has 1 aromatic heterocycles. The van der Waals surface area contributed by atoms with Crippen molar-refractivity contribution in [3.63, 3.8) is 0 Å². The number of aliphatic hydroxyl groups is 3. The molecule has 4 aromatic rings. The van der Waals surface area contributed by atoms with Crippen LogP contribution in [0.4, 0.5) is 0 Å². The predicted molar refractivity (Wildman–Crippen MR) is 277 cm³/mol. The minimum absolute atomic E-state index is 0.0411. The summed E-state index contributed by atoms with van der Waals surface area (Å²) in [5.74, 6) is -5.96. The Bertz CT molecular complexity index is 2410. The summed E-state index contributed by atoms with van der Waals surface area (Å²) in [4.78, 5) is 103. The molecule has 20 nitrogen and oxygen atoms in total. The molecule has 0 aliphatic carbocycles. The number of carbonyl (C=O) groups is 7. The number of amides is 7. The third-order valence-electron chi connectivity index (χ3n) is 12.1. The van der Waals surface area contributed by atoms with E-state index in [2.05, 4.69) is 42.2 Å². The number of hydrogen-bond acceptors (Lipinski definition) is 14. The highest BCUT2D eigenvalue weighted by Crippen LogP contribution is 2.24. The number of aliphatic hydroxyl groups excluding tert-OH is 3. The van der Waals surface area contributed by atoms with Gasteiger partial charge >= 0.3 is 0 Å². The molecule has 10 atom stereocenters. The molecule has 72 heavy (non-hydrogen) atoms. The van der Waals surface area contributed by atoms with Crippen molar-refractivity contribution in [3.8, 4) is 0 Å². The van der Waals surface area contributed by atoms with Crippen LogP contribution in [0.15, 0.2) is 91.1 Å². The zero-order valence-corrected chi connectivity index (χ0v) is 42.0. The van der Waals surface area contributed by atoms with Crippen molar-refractivity contribution in [1.29, 1.82) is 0 Å². The van der Waals surface area contributed by atoms with E-state index in [9.17, 15) is 48.9 Å². The number of nitrogens with one attached hydrogen (secondary N) is 8. The highest BCUT2D eigenvalue weighted by atomic mass is 33.1. The van der Waals surface area contributed by atoms with E-state index in [-0.39, 0.29) is 37.2 Å². The first-order valence-corrected chi connectivity index (χ1v) is 26.5. The van der Waals surface area contributed by atoms with Crippen LogP contribution in [0.1, 0.15) is 56.2 Å². The smallest absolute Gasteiger partial charge is 0.245 e. The summed E-state index contributed by atoms with van der Waals surface area (Å²) in [6.45, 7) is 2.35. The Kier molecular flexibility index (Phi) is 22.8. The number of H-pyrrole nitrogens is 1. The van der Waals surface area contributed by atoms with Gasteiger partial charge in [0.2, 0.25) is 41.4 Å². The van der Waals surface area contributed by atoms with Gasteiger partial charge in [-0.1, -0.05) is 113 Å². The summed E-state index contributed by atoms with van der Waals surface area (Å²) < 4.78 is 0. The molecule has 7 amide bonds. The number of unbranched alkanes of at least 4 members (excludes halogenated alkanes) is 2. The maximum absolute atomic E-state index is 14.8. The lowest BCUT2D eigenvalue weighted by atomic mass is 10.0. The molecular weight excluding hydrogens is 965 g/mol. The molecule has 0 bridgehead atoms. The third kappa shape index (κ3) is 17.3. The highest BCUT2D eigenvalue weighted by molar-refractivity contribution is 8.76. The zero-order valence-electron chi connectivity index (χ0n) is 40.4. The normalized spacial score (nSPS) is 22.7. The second kappa shape index (κ2) is 28.9. The lowest BCUT2D eigenvalue weighted by molar-refractivity contribution is -0.136. The summed E-state index contributed by atoms with van der Waals surface area (Å²) in [5, 5.41) is 50.7. The first kappa shape index (κ1) is 56.9. The number of para-hydroxylation sites is 1. The van der Waals surface area contributed by atoms with Crippen LogP contribution in [0.2, 0.25) is 0 Å². The Hall–Kier alpha value is -6.01. The van der Waals surface area contributed by atoms with Crippen LogP contribution in [0.5, 0.6) is 0 Å². The van der Waals surface area contributed by atoms with Crippen LogP contribution < -0.4 is 48.7 Å². The minimum atomic E-state index is -1.66. The second-order valence-corrected chi connectivity index (χ2v) is 20.4. The van der Waals surface area contributed by atoms with E-state index in [4.69, 9.17) is 11.5 Å². The molecule has 3 aromatic carbocycles. The maximum Gasteiger partial charge on any atom is 0.245 e. The molecule has 15 N–H and O–H groups in total. The van der Waals surface area contributed by atoms with Crippen LogP contribution in [0.25, 0.3) is 10.9 Å². The fourth-order valence-corrected chi connectivity index (χ4v) is 10.2. The van der Waals surface area contributed by atoms with Gasteiger partial charge in [0.05, 0.1) is 30.9 Å². The number of carbonyl (C=O) groups excluding carboxylic acids is 7. The predicted octanol–water partition coefficient (Wildman–Crippen LogP) is -0.415. The molecule has 1 aliphatic rings. The van der Waals surface area contributed by atoms with Gasteiger partial charge in [-0.25, -0.2) is 0 Å².